The van der Waals surface area contributed by atoms with Gasteiger partial charge >= 0.3 is 0 Å². The van der Waals surface area contributed by atoms with Crippen LogP contribution >= 0.6 is 0 Å². The summed E-state index contributed by atoms with van der Waals surface area (Å²) in [6, 6.07) is 10.8. The van der Waals surface area contributed by atoms with Crippen LogP contribution in [-0.2, 0) is 6.54 Å². The highest BCUT2D eigenvalue weighted by molar-refractivity contribution is 5.70. The van der Waals surface area contributed by atoms with Crippen molar-refractivity contribution in [2.75, 3.05) is 32.7 Å². The highest BCUT2D eigenvalue weighted by Crippen LogP contribution is 2.42. The number of aliphatic imine (C=N–C) groups is 1. The fraction of sp³-hybridized carbons (Fsp3) is 0.450. The molecule has 128 valence electrons. The molecule has 0 unspecified atom stereocenters. The standard InChI is InChI=1S/C20H28N4/c1-2-21-11-6-12-22-18-20(9-10-20)24-15-13-23(14-16-24)17-19-7-4-3-5-8-19/h2-8,11-12,21H,1,9-10,13-18H2. The molecule has 0 bridgehead atoms. The van der Waals surface area contributed by atoms with Crippen LogP contribution in [0.5, 0.6) is 0 Å². The molecule has 4 heteroatoms. The van der Waals surface area contributed by atoms with Crippen molar-refractivity contribution in [3.8, 4) is 0 Å². The molecule has 0 radical (unpaired) electrons. The summed E-state index contributed by atoms with van der Waals surface area (Å²) in [5, 5.41) is 2.93. The van der Waals surface area contributed by atoms with Crippen LogP contribution in [0.3, 0.4) is 0 Å². The number of nitrogens with one attached hydrogen (secondary N) is 1. The third-order valence-corrected chi connectivity index (χ3v) is 5.01. The number of hydrogen-bond donors (Lipinski definition) is 1. The molecule has 2 aliphatic rings. The smallest absolute Gasteiger partial charge is 0.0573 e. The number of piperazine rings is 1. The summed E-state index contributed by atoms with van der Waals surface area (Å²) in [4.78, 5) is 9.83. The Bertz CT molecular complexity index is 567. The van der Waals surface area contributed by atoms with E-state index < -0.39 is 0 Å². The zero-order chi connectivity index (χ0) is 16.7. The summed E-state index contributed by atoms with van der Waals surface area (Å²) in [6.07, 6.45) is 9.90. The predicted molar refractivity (Wildman–Crippen MR) is 101 cm³/mol. The van der Waals surface area contributed by atoms with Gasteiger partial charge in [-0.1, -0.05) is 36.9 Å². The van der Waals surface area contributed by atoms with E-state index in [-0.39, 0.29) is 0 Å². The van der Waals surface area contributed by atoms with E-state index in [1.807, 2.05) is 18.5 Å². The largest absolute Gasteiger partial charge is 0.368 e. The van der Waals surface area contributed by atoms with Crippen LogP contribution in [0.2, 0.25) is 0 Å². The Hall–Kier alpha value is -1.91. The zero-order valence-electron chi connectivity index (χ0n) is 14.4. The van der Waals surface area contributed by atoms with Crippen molar-refractivity contribution in [2.45, 2.75) is 24.9 Å². The Labute approximate surface area is 145 Å². The van der Waals surface area contributed by atoms with Gasteiger partial charge < -0.3 is 5.32 Å². The number of nitrogens with zero attached hydrogens (tertiary/aromatic N) is 3. The first kappa shape index (κ1) is 16.9. The lowest BCUT2D eigenvalue weighted by atomic mass is 10.1. The summed E-state index contributed by atoms with van der Waals surface area (Å²) in [5.41, 5.74) is 1.76. The van der Waals surface area contributed by atoms with E-state index in [4.69, 9.17) is 0 Å². The first-order valence-corrected chi connectivity index (χ1v) is 8.86. The monoisotopic (exact) mass is 324 g/mol. The van der Waals surface area contributed by atoms with Crippen LogP contribution in [0.25, 0.3) is 0 Å². The maximum absolute atomic E-state index is 4.60. The first-order valence-electron chi connectivity index (χ1n) is 8.86. The van der Waals surface area contributed by atoms with Gasteiger partial charge in [-0.25, -0.2) is 0 Å². The van der Waals surface area contributed by atoms with E-state index in [0.29, 0.717) is 5.54 Å². The fourth-order valence-corrected chi connectivity index (χ4v) is 3.39. The van der Waals surface area contributed by atoms with E-state index in [0.717, 1.165) is 39.3 Å². The van der Waals surface area contributed by atoms with Gasteiger partial charge in [-0.3, -0.25) is 14.8 Å². The molecular weight excluding hydrogens is 296 g/mol. The molecule has 0 atom stereocenters. The van der Waals surface area contributed by atoms with E-state index in [9.17, 15) is 0 Å². The molecule has 4 nitrogen and oxygen atoms in total. The van der Waals surface area contributed by atoms with Crippen molar-refractivity contribution in [1.29, 1.82) is 0 Å². The number of allylic oxidation sites excluding steroid dienone is 1. The topological polar surface area (TPSA) is 30.9 Å². The summed E-state index contributed by atoms with van der Waals surface area (Å²) < 4.78 is 0. The van der Waals surface area contributed by atoms with Gasteiger partial charge in [0.15, 0.2) is 0 Å². The average molecular weight is 324 g/mol. The quantitative estimate of drug-likeness (QED) is 0.746. The van der Waals surface area contributed by atoms with Crippen LogP contribution in [0.1, 0.15) is 18.4 Å². The molecule has 0 aromatic heterocycles. The highest BCUT2D eigenvalue weighted by Gasteiger charge is 2.48. The second kappa shape index (κ2) is 8.27. The summed E-state index contributed by atoms with van der Waals surface area (Å²) >= 11 is 0. The minimum atomic E-state index is 0.342. The van der Waals surface area contributed by atoms with E-state index >= 15 is 0 Å². The van der Waals surface area contributed by atoms with Crippen LogP contribution in [0.4, 0.5) is 0 Å². The molecule has 3 rings (SSSR count). The van der Waals surface area contributed by atoms with Gasteiger partial charge in [0.1, 0.15) is 0 Å². The molecule has 1 aliphatic heterocycles. The third kappa shape index (κ3) is 4.56. The molecule has 1 N–H and O–H groups in total. The lowest BCUT2D eigenvalue weighted by Gasteiger charge is -2.39. The van der Waals surface area contributed by atoms with Gasteiger partial charge in [-0.15, -0.1) is 0 Å². The van der Waals surface area contributed by atoms with Crippen molar-refractivity contribution in [3.05, 3.63) is 61.0 Å². The van der Waals surface area contributed by atoms with Gasteiger partial charge in [0.2, 0.25) is 0 Å². The number of benzene rings is 1. The summed E-state index contributed by atoms with van der Waals surface area (Å²) in [7, 11) is 0. The van der Waals surface area contributed by atoms with E-state index in [1.165, 1.54) is 18.4 Å². The van der Waals surface area contributed by atoms with Crippen molar-refractivity contribution in [2.24, 2.45) is 4.99 Å². The Balaban J connectivity index is 1.43. The Morgan fingerprint density at radius 2 is 1.88 bits per heavy atom. The summed E-state index contributed by atoms with van der Waals surface area (Å²) in [5.74, 6) is 0. The predicted octanol–water partition coefficient (Wildman–Crippen LogP) is 2.65. The minimum absolute atomic E-state index is 0.342. The minimum Gasteiger partial charge on any atom is -0.368 e. The average Bonchev–Trinajstić information content (AvgIpc) is 3.41. The van der Waals surface area contributed by atoms with Crippen molar-refractivity contribution < 1.29 is 0 Å². The summed E-state index contributed by atoms with van der Waals surface area (Å²) in [6.45, 7) is 10.2. The molecule has 1 heterocycles. The van der Waals surface area contributed by atoms with Gasteiger partial charge in [0, 0.05) is 50.7 Å². The van der Waals surface area contributed by atoms with Crippen molar-refractivity contribution in [3.63, 3.8) is 0 Å². The molecule has 1 aromatic carbocycles. The molecule has 1 saturated carbocycles. The molecule has 24 heavy (non-hydrogen) atoms. The lowest BCUT2D eigenvalue weighted by molar-refractivity contribution is 0.0842. The van der Waals surface area contributed by atoms with Crippen molar-refractivity contribution in [1.82, 2.24) is 15.1 Å². The van der Waals surface area contributed by atoms with Crippen LogP contribution in [0, 0.1) is 0 Å². The van der Waals surface area contributed by atoms with E-state index in [2.05, 4.69) is 57.0 Å². The van der Waals surface area contributed by atoms with Crippen LogP contribution < -0.4 is 5.32 Å². The van der Waals surface area contributed by atoms with Gasteiger partial charge in [0.25, 0.3) is 0 Å². The first-order chi connectivity index (χ1) is 11.8. The zero-order valence-corrected chi connectivity index (χ0v) is 14.4. The number of rotatable bonds is 8. The number of hydrogen-bond acceptors (Lipinski definition) is 4. The lowest BCUT2D eigenvalue weighted by Crippen LogP contribution is -2.52. The highest BCUT2D eigenvalue weighted by atomic mass is 15.3. The normalized spacial score (nSPS) is 21.3. The molecule has 1 aliphatic carbocycles. The van der Waals surface area contributed by atoms with Gasteiger partial charge in [-0.2, -0.15) is 0 Å². The fourth-order valence-electron chi connectivity index (χ4n) is 3.39. The van der Waals surface area contributed by atoms with Gasteiger partial charge in [-0.05, 0) is 30.7 Å². The van der Waals surface area contributed by atoms with Crippen molar-refractivity contribution >= 4 is 6.21 Å². The third-order valence-electron chi connectivity index (χ3n) is 5.01. The van der Waals surface area contributed by atoms with Crippen LogP contribution in [-0.4, -0.2) is 54.3 Å². The maximum atomic E-state index is 4.60. The van der Waals surface area contributed by atoms with Gasteiger partial charge in [0.05, 0.1) is 6.54 Å². The maximum Gasteiger partial charge on any atom is 0.0573 e. The molecule has 2 fully saturated rings. The second-order valence-electron chi connectivity index (χ2n) is 6.69. The SMILES string of the molecule is C=CNC=CC=NCC1(N2CCN(Cc3ccccc3)CC2)CC1. The molecule has 0 spiro atoms. The molecular formula is C20H28N4. The molecule has 1 saturated heterocycles. The Kier molecular flexibility index (Phi) is 5.83. The second-order valence-corrected chi connectivity index (χ2v) is 6.69. The molecule has 0 amide bonds. The Morgan fingerprint density at radius 3 is 2.54 bits per heavy atom. The van der Waals surface area contributed by atoms with Crippen LogP contribution in [0.15, 0.2) is 60.4 Å². The Morgan fingerprint density at radius 1 is 1.12 bits per heavy atom. The molecule has 1 aromatic rings. The van der Waals surface area contributed by atoms with E-state index in [1.54, 1.807) is 6.20 Å².